The van der Waals surface area contributed by atoms with E-state index in [0.29, 0.717) is 23.4 Å². The Bertz CT molecular complexity index is 1460. The monoisotopic (exact) mass is 449 g/mol. The van der Waals surface area contributed by atoms with Crippen LogP contribution in [0.25, 0.3) is 17.0 Å². The highest BCUT2D eigenvalue weighted by atomic mass is 16.5. The van der Waals surface area contributed by atoms with Crippen molar-refractivity contribution in [1.29, 1.82) is 0 Å². The topological polar surface area (TPSA) is 63.9 Å². The van der Waals surface area contributed by atoms with E-state index in [2.05, 4.69) is 15.7 Å². The molecular formula is C28H23N3O3. The van der Waals surface area contributed by atoms with Gasteiger partial charge in [0.15, 0.2) is 0 Å². The number of nitrogens with zero attached hydrogens (tertiary/aromatic N) is 3. The number of carbonyl (C=O) groups excluding carboxylic acids is 2. The molecule has 0 unspecified atom stereocenters. The van der Waals surface area contributed by atoms with E-state index in [9.17, 15) is 9.59 Å². The lowest BCUT2D eigenvalue weighted by atomic mass is 10.1. The molecule has 168 valence electrons. The SMILES string of the molecule is COC(=O)c1cccc(Cn2cc(/C=C3/C(=O)N(c4ccccc4)N=C3C)c3ccccc32)c1. The van der Waals surface area contributed by atoms with Crippen molar-refractivity contribution in [3.05, 3.63) is 107 Å². The molecule has 2 heterocycles. The van der Waals surface area contributed by atoms with Crippen molar-refractivity contribution in [1.82, 2.24) is 4.57 Å². The van der Waals surface area contributed by atoms with Crippen molar-refractivity contribution in [2.24, 2.45) is 5.10 Å². The first-order chi connectivity index (χ1) is 16.5. The number of aromatic nitrogens is 1. The van der Waals surface area contributed by atoms with E-state index >= 15 is 0 Å². The van der Waals surface area contributed by atoms with E-state index in [1.54, 1.807) is 6.07 Å². The molecule has 0 fully saturated rings. The largest absolute Gasteiger partial charge is 0.465 e. The number of rotatable bonds is 5. The quantitative estimate of drug-likeness (QED) is 0.308. The Kier molecular flexibility index (Phi) is 5.55. The number of para-hydroxylation sites is 2. The first-order valence-electron chi connectivity index (χ1n) is 11.0. The second kappa shape index (κ2) is 8.83. The van der Waals surface area contributed by atoms with Crippen LogP contribution < -0.4 is 5.01 Å². The van der Waals surface area contributed by atoms with Gasteiger partial charge in [0.2, 0.25) is 0 Å². The van der Waals surface area contributed by atoms with Gasteiger partial charge in [0.05, 0.1) is 29.6 Å². The van der Waals surface area contributed by atoms with Crippen LogP contribution in [0.1, 0.15) is 28.4 Å². The third-order valence-corrected chi connectivity index (χ3v) is 5.88. The fraction of sp³-hybridized carbons (Fsp3) is 0.107. The van der Waals surface area contributed by atoms with Crippen LogP contribution >= 0.6 is 0 Å². The number of methoxy groups -OCH3 is 1. The third-order valence-electron chi connectivity index (χ3n) is 5.88. The summed E-state index contributed by atoms with van der Waals surface area (Å²) in [5.74, 6) is -0.506. The molecule has 1 aliphatic heterocycles. The Balaban J connectivity index is 1.51. The molecule has 0 saturated heterocycles. The molecular weight excluding hydrogens is 426 g/mol. The van der Waals surface area contributed by atoms with Crippen molar-refractivity contribution < 1.29 is 14.3 Å². The van der Waals surface area contributed by atoms with Crippen molar-refractivity contribution in [3.8, 4) is 0 Å². The lowest BCUT2D eigenvalue weighted by molar-refractivity contribution is -0.114. The van der Waals surface area contributed by atoms with E-state index < -0.39 is 0 Å². The fourth-order valence-electron chi connectivity index (χ4n) is 4.22. The van der Waals surface area contributed by atoms with E-state index in [0.717, 1.165) is 27.7 Å². The van der Waals surface area contributed by atoms with Gasteiger partial charge in [-0.1, -0.05) is 48.5 Å². The predicted molar refractivity (Wildman–Crippen MR) is 134 cm³/mol. The van der Waals surface area contributed by atoms with E-state index in [-0.39, 0.29) is 11.9 Å². The summed E-state index contributed by atoms with van der Waals surface area (Å²) in [6.07, 6.45) is 3.95. The number of ether oxygens (including phenoxy) is 1. The smallest absolute Gasteiger partial charge is 0.337 e. The summed E-state index contributed by atoms with van der Waals surface area (Å²) in [5.41, 5.74) is 5.46. The number of hydrogen-bond donors (Lipinski definition) is 0. The standard InChI is InChI=1S/C28H23N3O3/c1-19-25(27(32)31(29-19)23-11-4-3-5-12-23)16-22-18-30(26-14-7-6-13-24(22)26)17-20-9-8-10-21(15-20)28(33)34-2/h3-16,18H,17H2,1-2H3/b25-16+. The van der Waals surface area contributed by atoms with E-state index in [1.807, 2.05) is 85.9 Å². The minimum Gasteiger partial charge on any atom is -0.465 e. The van der Waals surface area contributed by atoms with Crippen LogP contribution in [0.15, 0.2) is 95.7 Å². The van der Waals surface area contributed by atoms with Gasteiger partial charge < -0.3 is 9.30 Å². The number of carbonyl (C=O) groups is 2. The molecule has 34 heavy (non-hydrogen) atoms. The van der Waals surface area contributed by atoms with Gasteiger partial charge in [-0.3, -0.25) is 4.79 Å². The normalized spacial score (nSPS) is 14.6. The Labute approximate surface area is 197 Å². The molecule has 0 aliphatic carbocycles. The van der Waals surface area contributed by atoms with Crippen molar-refractivity contribution in [3.63, 3.8) is 0 Å². The van der Waals surface area contributed by atoms with Crippen LogP contribution in [-0.4, -0.2) is 29.3 Å². The first kappa shape index (κ1) is 21.4. The highest BCUT2D eigenvalue weighted by molar-refractivity contribution is 6.32. The maximum atomic E-state index is 13.2. The van der Waals surface area contributed by atoms with Gasteiger partial charge in [-0.15, -0.1) is 0 Å². The molecule has 1 amide bonds. The number of fused-ring (bicyclic) bond motifs is 1. The maximum absolute atomic E-state index is 13.2. The summed E-state index contributed by atoms with van der Waals surface area (Å²) in [7, 11) is 1.38. The number of amides is 1. The van der Waals surface area contributed by atoms with Gasteiger partial charge >= 0.3 is 5.97 Å². The Morgan fingerprint density at radius 3 is 2.56 bits per heavy atom. The molecule has 0 bridgehead atoms. The van der Waals surface area contributed by atoms with Crippen LogP contribution in [-0.2, 0) is 16.1 Å². The lowest BCUT2D eigenvalue weighted by Gasteiger charge is -2.10. The number of benzene rings is 3. The Morgan fingerprint density at radius 1 is 1.00 bits per heavy atom. The Morgan fingerprint density at radius 2 is 1.76 bits per heavy atom. The zero-order chi connectivity index (χ0) is 23.7. The van der Waals surface area contributed by atoms with Crippen molar-refractivity contribution in [2.75, 3.05) is 12.1 Å². The average molecular weight is 450 g/mol. The molecule has 3 aromatic carbocycles. The van der Waals surface area contributed by atoms with Gasteiger partial charge in [0.1, 0.15) is 0 Å². The molecule has 6 nitrogen and oxygen atoms in total. The minimum absolute atomic E-state index is 0.147. The molecule has 0 spiro atoms. The molecule has 4 aromatic rings. The summed E-state index contributed by atoms with van der Waals surface area (Å²) in [6.45, 7) is 2.43. The second-order valence-corrected chi connectivity index (χ2v) is 8.12. The number of hydrogen-bond acceptors (Lipinski definition) is 4. The molecule has 0 radical (unpaired) electrons. The molecule has 0 N–H and O–H groups in total. The summed E-state index contributed by atoms with van der Waals surface area (Å²) < 4.78 is 6.97. The fourth-order valence-corrected chi connectivity index (χ4v) is 4.22. The molecule has 0 saturated carbocycles. The predicted octanol–water partition coefficient (Wildman–Crippen LogP) is 5.28. The van der Waals surface area contributed by atoms with Crippen LogP contribution in [0.2, 0.25) is 0 Å². The average Bonchev–Trinajstić information content (AvgIpc) is 3.36. The highest BCUT2D eigenvalue weighted by Gasteiger charge is 2.29. The first-order valence-corrected chi connectivity index (χ1v) is 11.0. The minimum atomic E-state index is -0.359. The molecule has 6 heteroatoms. The van der Waals surface area contributed by atoms with E-state index in [1.165, 1.54) is 12.1 Å². The maximum Gasteiger partial charge on any atom is 0.337 e. The Hall–Kier alpha value is -4.45. The summed E-state index contributed by atoms with van der Waals surface area (Å²) in [5, 5.41) is 6.97. The molecule has 0 atom stereocenters. The van der Waals surface area contributed by atoms with Crippen molar-refractivity contribution in [2.45, 2.75) is 13.5 Å². The van der Waals surface area contributed by atoms with Gasteiger partial charge in [-0.25, -0.2) is 4.79 Å². The van der Waals surface area contributed by atoms with E-state index in [4.69, 9.17) is 4.74 Å². The van der Waals surface area contributed by atoms with Crippen LogP contribution in [0.5, 0.6) is 0 Å². The summed E-state index contributed by atoms with van der Waals surface area (Å²) in [6, 6.07) is 24.9. The second-order valence-electron chi connectivity index (χ2n) is 8.12. The number of anilines is 1. The van der Waals surface area contributed by atoms with Gasteiger partial charge in [-0.05, 0) is 48.9 Å². The van der Waals surface area contributed by atoms with Gasteiger partial charge in [-0.2, -0.15) is 10.1 Å². The zero-order valence-electron chi connectivity index (χ0n) is 18.9. The molecule has 1 aliphatic rings. The highest BCUT2D eigenvalue weighted by Crippen LogP contribution is 2.29. The number of hydrazone groups is 1. The molecule has 5 rings (SSSR count). The molecule has 1 aromatic heterocycles. The summed E-state index contributed by atoms with van der Waals surface area (Å²) in [4.78, 5) is 25.1. The van der Waals surface area contributed by atoms with Crippen LogP contribution in [0.4, 0.5) is 5.69 Å². The van der Waals surface area contributed by atoms with Gasteiger partial charge in [0, 0.05) is 29.2 Å². The van der Waals surface area contributed by atoms with Crippen LogP contribution in [0.3, 0.4) is 0 Å². The number of esters is 1. The van der Waals surface area contributed by atoms with Gasteiger partial charge in [0.25, 0.3) is 5.91 Å². The third kappa shape index (κ3) is 3.90. The zero-order valence-corrected chi connectivity index (χ0v) is 18.9. The lowest BCUT2D eigenvalue weighted by Crippen LogP contribution is -2.21. The summed E-state index contributed by atoms with van der Waals surface area (Å²) >= 11 is 0. The van der Waals surface area contributed by atoms with Crippen molar-refractivity contribution >= 4 is 40.3 Å². The van der Waals surface area contributed by atoms with Crippen LogP contribution in [0, 0.1) is 0 Å².